The molecule has 1 heterocycles. The number of rotatable bonds is 11. The summed E-state index contributed by atoms with van der Waals surface area (Å²) in [6.45, 7) is 7.06. The minimum atomic E-state index is -1.13. The number of carbonyl (C=O) groups is 4. The van der Waals surface area contributed by atoms with Crippen molar-refractivity contribution in [2.24, 2.45) is 17.6 Å². The van der Waals surface area contributed by atoms with E-state index < -0.39 is 54.5 Å². The van der Waals surface area contributed by atoms with Crippen LogP contribution >= 0.6 is 0 Å². The van der Waals surface area contributed by atoms with Crippen LogP contribution in [-0.4, -0.2) is 76.1 Å². The second-order valence-corrected chi connectivity index (χ2v) is 8.06. The van der Waals surface area contributed by atoms with Crippen molar-refractivity contribution in [1.82, 2.24) is 15.5 Å². The van der Waals surface area contributed by atoms with E-state index in [0.29, 0.717) is 32.2 Å². The number of nitrogens with zero attached hydrogens (tertiary/aromatic N) is 1. The number of nitrogens with one attached hydrogen (secondary N) is 2. The van der Waals surface area contributed by atoms with E-state index in [0.717, 1.165) is 0 Å². The molecule has 6 N–H and O–H groups in total. The van der Waals surface area contributed by atoms with Gasteiger partial charge in [-0.25, -0.2) is 4.79 Å². The van der Waals surface area contributed by atoms with Gasteiger partial charge < -0.3 is 31.5 Å². The van der Waals surface area contributed by atoms with Gasteiger partial charge in [-0.1, -0.05) is 40.5 Å². The van der Waals surface area contributed by atoms with E-state index >= 15 is 0 Å². The fraction of sp³-hybridized carbons (Fsp3) is 0.800. The number of likely N-dealkylation sites (tertiary alicyclic amines) is 1. The highest BCUT2D eigenvalue weighted by Crippen LogP contribution is 2.20. The molecule has 0 saturated carbocycles. The van der Waals surface area contributed by atoms with Crippen molar-refractivity contribution in [3.05, 3.63) is 0 Å². The molecular weight excluding hydrogens is 392 g/mol. The Bertz CT molecular complexity index is 628. The third kappa shape index (κ3) is 6.40. The highest BCUT2D eigenvalue weighted by Gasteiger charge is 2.39. The zero-order valence-corrected chi connectivity index (χ0v) is 18.3. The Morgan fingerprint density at radius 3 is 2.13 bits per heavy atom. The summed E-state index contributed by atoms with van der Waals surface area (Å²) in [5, 5.41) is 23.8. The van der Waals surface area contributed by atoms with Crippen LogP contribution in [-0.2, 0) is 19.2 Å². The molecule has 10 heteroatoms. The lowest BCUT2D eigenvalue weighted by atomic mass is 9.95. The van der Waals surface area contributed by atoms with Crippen molar-refractivity contribution < 1.29 is 29.4 Å². The van der Waals surface area contributed by atoms with Crippen LogP contribution in [0, 0.1) is 11.8 Å². The summed E-state index contributed by atoms with van der Waals surface area (Å²) in [7, 11) is 0. The molecule has 0 aromatic carbocycles. The quantitative estimate of drug-likeness (QED) is 0.295. The van der Waals surface area contributed by atoms with Crippen molar-refractivity contribution in [1.29, 1.82) is 0 Å². The van der Waals surface area contributed by atoms with Crippen molar-refractivity contribution in [3.63, 3.8) is 0 Å². The van der Waals surface area contributed by atoms with E-state index in [2.05, 4.69) is 10.6 Å². The number of carbonyl (C=O) groups excluding carboxylic acids is 3. The first-order valence-electron chi connectivity index (χ1n) is 10.6. The number of hydrogen-bond donors (Lipinski definition) is 5. The van der Waals surface area contributed by atoms with E-state index in [4.69, 9.17) is 10.8 Å². The van der Waals surface area contributed by atoms with Crippen LogP contribution in [0.4, 0.5) is 0 Å². The summed E-state index contributed by atoms with van der Waals surface area (Å²) in [6.07, 6.45) is 2.19. The fourth-order valence-corrected chi connectivity index (χ4v) is 3.47. The molecule has 0 radical (unpaired) electrons. The Labute approximate surface area is 177 Å². The van der Waals surface area contributed by atoms with Crippen LogP contribution in [0.5, 0.6) is 0 Å². The molecule has 1 rings (SSSR count). The first kappa shape index (κ1) is 25.8. The number of aliphatic carboxylic acids is 1. The summed E-state index contributed by atoms with van der Waals surface area (Å²) in [5.41, 5.74) is 5.61. The number of aliphatic hydroxyl groups is 1. The second kappa shape index (κ2) is 11.8. The Hall–Kier alpha value is -2.20. The van der Waals surface area contributed by atoms with Gasteiger partial charge in [-0.3, -0.25) is 14.4 Å². The zero-order valence-electron chi connectivity index (χ0n) is 18.3. The molecule has 0 bridgehead atoms. The molecule has 0 aromatic heterocycles. The maximum Gasteiger partial charge on any atom is 0.326 e. The van der Waals surface area contributed by atoms with Gasteiger partial charge in [-0.05, 0) is 24.7 Å². The first-order chi connectivity index (χ1) is 14.1. The maximum atomic E-state index is 12.9. The molecular formula is C20H36N4O6. The number of carboxylic acid groups (broad SMARTS) is 1. The van der Waals surface area contributed by atoms with E-state index in [1.807, 2.05) is 13.8 Å². The van der Waals surface area contributed by atoms with Crippen molar-refractivity contribution in [2.45, 2.75) is 77.5 Å². The predicted octanol–water partition coefficient (Wildman–Crippen LogP) is -0.557. The Balaban J connectivity index is 2.96. The third-order valence-electron chi connectivity index (χ3n) is 5.92. The highest BCUT2D eigenvalue weighted by atomic mass is 16.4. The standard InChI is InChI=1S/C20H36N4O6/c1-5-11(3)15(18(27)23-16(20(29)30)12(4)6-2)22-17(26)14-8-7-9-24(14)19(28)13(21)10-25/h11-16,25H,5-10,21H2,1-4H3,(H,22,26)(H,23,27)(H,29,30). The van der Waals surface area contributed by atoms with Crippen LogP contribution in [0.1, 0.15) is 53.4 Å². The molecule has 3 amide bonds. The number of hydrogen-bond acceptors (Lipinski definition) is 6. The summed E-state index contributed by atoms with van der Waals surface area (Å²) >= 11 is 0. The molecule has 30 heavy (non-hydrogen) atoms. The van der Waals surface area contributed by atoms with Gasteiger partial charge in [0.15, 0.2) is 0 Å². The lowest BCUT2D eigenvalue weighted by Gasteiger charge is -2.30. The lowest BCUT2D eigenvalue weighted by Crippen LogP contribution is -2.59. The first-order valence-corrected chi connectivity index (χ1v) is 10.6. The molecule has 1 aliphatic rings. The van der Waals surface area contributed by atoms with Crippen molar-refractivity contribution >= 4 is 23.7 Å². The van der Waals surface area contributed by atoms with E-state index in [9.17, 15) is 24.3 Å². The molecule has 0 spiro atoms. The van der Waals surface area contributed by atoms with Gasteiger partial charge in [0.1, 0.15) is 24.2 Å². The largest absolute Gasteiger partial charge is 0.480 e. The summed E-state index contributed by atoms with van der Waals surface area (Å²) in [5.74, 6) is -3.21. The van der Waals surface area contributed by atoms with Crippen LogP contribution in [0.25, 0.3) is 0 Å². The van der Waals surface area contributed by atoms with E-state index in [1.165, 1.54) is 4.90 Å². The molecule has 172 valence electrons. The predicted molar refractivity (Wildman–Crippen MR) is 110 cm³/mol. The van der Waals surface area contributed by atoms with Crippen molar-refractivity contribution in [2.75, 3.05) is 13.2 Å². The third-order valence-corrected chi connectivity index (χ3v) is 5.92. The van der Waals surface area contributed by atoms with Gasteiger partial charge in [0.25, 0.3) is 0 Å². The normalized spacial score (nSPS) is 21.3. The Morgan fingerprint density at radius 1 is 1.07 bits per heavy atom. The average Bonchev–Trinajstić information content (AvgIpc) is 3.22. The number of carboxylic acids is 1. The van der Waals surface area contributed by atoms with Crippen molar-refractivity contribution in [3.8, 4) is 0 Å². The minimum absolute atomic E-state index is 0.245. The monoisotopic (exact) mass is 428 g/mol. The summed E-state index contributed by atoms with van der Waals surface area (Å²) in [6, 6.07) is -3.87. The molecule has 1 fully saturated rings. The number of aliphatic hydroxyl groups excluding tert-OH is 1. The molecule has 10 nitrogen and oxygen atoms in total. The fourth-order valence-electron chi connectivity index (χ4n) is 3.47. The topological polar surface area (TPSA) is 162 Å². The molecule has 6 atom stereocenters. The molecule has 6 unspecified atom stereocenters. The van der Waals surface area contributed by atoms with Crippen LogP contribution in [0.3, 0.4) is 0 Å². The van der Waals surface area contributed by atoms with Crippen LogP contribution in [0.2, 0.25) is 0 Å². The average molecular weight is 429 g/mol. The van der Waals surface area contributed by atoms with E-state index in [-0.39, 0.29) is 11.8 Å². The van der Waals surface area contributed by atoms with Gasteiger partial charge in [-0.2, -0.15) is 0 Å². The van der Waals surface area contributed by atoms with Crippen LogP contribution < -0.4 is 16.4 Å². The molecule has 0 aromatic rings. The second-order valence-electron chi connectivity index (χ2n) is 8.06. The summed E-state index contributed by atoms with van der Waals surface area (Å²) in [4.78, 5) is 51.0. The molecule has 1 aliphatic heterocycles. The summed E-state index contributed by atoms with van der Waals surface area (Å²) < 4.78 is 0. The number of nitrogens with two attached hydrogens (primary N) is 1. The lowest BCUT2D eigenvalue weighted by molar-refractivity contribution is -0.144. The van der Waals surface area contributed by atoms with Gasteiger partial charge in [0.05, 0.1) is 6.61 Å². The van der Waals surface area contributed by atoms with E-state index in [1.54, 1.807) is 13.8 Å². The minimum Gasteiger partial charge on any atom is -0.480 e. The Kier molecular flexibility index (Phi) is 10.2. The van der Waals surface area contributed by atoms with Gasteiger partial charge in [0, 0.05) is 6.54 Å². The maximum absolute atomic E-state index is 12.9. The van der Waals surface area contributed by atoms with Gasteiger partial charge in [0.2, 0.25) is 17.7 Å². The van der Waals surface area contributed by atoms with Crippen LogP contribution in [0.15, 0.2) is 0 Å². The zero-order chi connectivity index (χ0) is 23.0. The molecule has 1 saturated heterocycles. The molecule has 0 aliphatic carbocycles. The highest BCUT2D eigenvalue weighted by molar-refractivity contribution is 5.94. The Morgan fingerprint density at radius 2 is 1.63 bits per heavy atom. The smallest absolute Gasteiger partial charge is 0.326 e. The van der Waals surface area contributed by atoms with Gasteiger partial charge >= 0.3 is 5.97 Å². The van der Waals surface area contributed by atoms with Gasteiger partial charge in [-0.15, -0.1) is 0 Å². The number of amides is 3. The SMILES string of the molecule is CCC(C)C(NC(=O)C(NC(=O)C1CCCN1C(=O)C(N)CO)C(C)CC)C(=O)O.